The standard InChI is InChI=1S/C16H13ClN2O4/c1-22-12-4-2-3-10(7-12)9-18-15(20)19-13-8-11(17)5-6-14(13)23-16(19)21/h2-8H,9H2,1H3,(H,18,20). The van der Waals surface area contributed by atoms with E-state index in [1.807, 2.05) is 12.1 Å². The second-order valence-electron chi connectivity index (χ2n) is 4.83. The molecule has 1 heterocycles. The number of carbonyl (C=O) groups excluding carboxylic acids is 1. The van der Waals surface area contributed by atoms with Crippen LogP contribution in [0.4, 0.5) is 4.79 Å². The minimum atomic E-state index is -0.759. The highest BCUT2D eigenvalue weighted by Gasteiger charge is 2.16. The second kappa shape index (κ2) is 6.18. The summed E-state index contributed by atoms with van der Waals surface area (Å²) < 4.78 is 11.1. The van der Waals surface area contributed by atoms with Crippen LogP contribution >= 0.6 is 11.6 Å². The molecule has 2 aromatic carbocycles. The summed E-state index contributed by atoms with van der Waals surface area (Å²) in [5, 5.41) is 3.08. The number of benzene rings is 2. The Kier molecular flexibility index (Phi) is 4.08. The van der Waals surface area contributed by atoms with Crippen molar-refractivity contribution in [2.24, 2.45) is 0 Å². The Hall–Kier alpha value is -2.73. The maximum atomic E-state index is 12.3. The highest BCUT2D eigenvalue weighted by molar-refractivity contribution is 6.31. The number of ether oxygens (including phenoxy) is 1. The van der Waals surface area contributed by atoms with E-state index in [0.717, 1.165) is 10.1 Å². The molecule has 3 aromatic rings. The van der Waals surface area contributed by atoms with Gasteiger partial charge in [0.25, 0.3) is 0 Å². The number of methoxy groups -OCH3 is 1. The number of aromatic nitrogens is 1. The largest absolute Gasteiger partial charge is 0.497 e. The molecule has 0 atom stereocenters. The summed E-state index contributed by atoms with van der Waals surface area (Å²) in [4.78, 5) is 24.2. The summed E-state index contributed by atoms with van der Waals surface area (Å²) >= 11 is 5.91. The van der Waals surface area contributed by atoms with Gasteiger partial charge in [0.15, 0.2) is 5.58 Å². The van der Waals surface area contributed by atoms with E-state index in [1.54, 1.807) is 31.4 Å². The second-order valence-corrected chi connectivity index (χ2v) is 5.26. The van der Waals surface area contributed by atoms with E-state index in [1.165, 1.54) is 6.07 Å². The van der Waals surface area contributed by atoms with E-state index in [0.29, 0.717) is 21.9 Å². The van der Waals surface area contributed by atoms with Crippen LogP contribution in [0.25, 0.3) is 11.1 Å². The van der Waals surface area contributed by atoms with Gasteiger partial charge < -0.3 is 14.5 Å². The average molecular weight is 333 g/mol. The molecule has 0 saturated heterocycles. The number of fused-ring (bicyclic) bond motifs is 1. The van der Waals surface area contributed by atoms with Gasteiger partial charge in [-0.1, -0.05) is 23.7 Å². The van der Waals surface area contributed by atoms with Gasteiger partial charge in [-0.05, 0) is 35.9 Å². The van der Waals surface area contributed by atoms with Crippen molar-refractivity contribution in [2.45, 2.75) is 6.54 Å². The van der Waals surface area contributed by atoms with Crippen LogP contribution < -0.4 is 15.8 Å². The third-order valence-electron chi connectivity index (χ3n) is 3.32. The van der Waals surface area contributed by atoms with E-state index < -0.39 is 11.8 Å². The Morgan fingerprint density at radius 3 is 2.91 bits per heavy atom. The topological polar surface area (TPSA) is 73.5 Å². The molecule has 0 saturated carbocycles. The third kappa shape index (κ3) is 3.07. The van der Waals surface area contributed by atoms with Gasteiger partial charge in [0, 0.05) is 11.6 Å². The van der Waals surface area contributed by atoms with Crippen LogP contribution in [0.1, 0.15) is 5.56 Å². The van der Waals surface area contributed by atoms with Crippen LogP contribution in [0.3, 0.4) is 0 Å². The smallest absolute Gasteiger partial charge is 0.428 e. The van der Waals surface area contributed by atoms with Gasteiger partial charge >= 0.3 is 11.8 Å². The molecule has 0 spiro atoms. The summed E-state index contributed by atoms with van der Waals surface area (Å²) in [5.74, 6) is -0.0696. The van der Waals surface area contributed by atoms with Crippen molar-refractivity contribution in [1.82, 2.24) is 9.88 Å². The SMILES string of the molecule is COc1cccc(CNC(=O)n2c(=O)oc3ccc(Cl)cc32)c1. The van der Waals surface area contributed by atoms with E-state index in [9.17, 15) is 9.59 Å². The van der Waals surface area contributed by atoms with Gasteiger partial charge in [-0.3, -0.25) is 0 Å². The average Bonchev–Trinajstić information content (AvgIpc) is 2.88. The number of halogens is 1. The molecule has 0 aliphatic carbocycles. The maximum absolute atomic E-state index is 12.3. The maximum Gasteiger partial charge on any atom is 0.428 e. The zero-order valence-corrected chi connectivity index (χ0v) is 13.0. The zero-order chi connectivity index (χ0) is 16.4. The third-order valence-corrected chi connectivity index (χ3v) is 3.56. The van der Waals surface area contributed by atoms with Crippen molar-refractivity contribution >= 4 is 28.7 Å². The van der Waals surface area contributed by atoms with Crippen molar-refractivity contribution in [3.05, 3.63) is 63.6 Å². The fraction of sp³-hybridized carbons (Fsp3) is 0.125. The predicted molar refractivity (Wildman–Crippen MR) is 86.1 cm³/mol. The molecule has 0 aliphatic rings. The lowest BCUT2D eigenvalue weighted by molar-refractivity contribution is 0.241. The first-order valence-corrected chi connectivity index (χ1v) is 7.18. The quantitative estimate of drug-likeness (QED) is 0.800. The highest BCUT2D eigenvalue weighted by Crippen LogP contribution is 2.18. The minimum Gasteiger partial charge on any atom is -0.497 e. The number of nitrogens with one attached hydrogen (secondary N) is 1. The first-order valence-electron chi connectivity index (χ1n) is 6.81. The van der Waals surface area contributed by atoms with Crippen LogP contribution in [-0.2, 0) is 6.54 Å². The lowest BCUT2D eigenvalue weighted by Gasteiger charge is -2.07. The van der Waals surface area contributed by atoms with Crippen molar-refractivity contribution in [3.63, 3.8) is 0 Å². The van der Waals surface area contributed by atoms with Gasteiger partial charge in [-0.2, -0.15) is 4.57 Å². The molecule has 7 heteroatoms. The fourth-order valence-corrected chi connectivity index (χ4v) is 2.39. The number of carbonyl (C=O) groups is 1. The number of rotatable bonds is 3. The normalized spacial score (nSPS) is 10.7. The lowest BCUT2D eigenvalue weighted by Crippen LogP contribution is -2.33. The first-order chi connectivity index (χ1) is 11.1. The van der Waals surface area contributed by atoms with Crippen LogP contribution in [0.2, 0.25) is 5.02 Å². The van der Waals surface area contributed by atoms with Gasteiger partial charge in [0.05, 0.1) is 7.11 Å². The molecule has 0 unspecified atom stereocenters. The predicted octanol–water partition coefficient (Wildman–Crippen LogP) is 3.01. The van der Waals surface area contributed by atoms with Gasteiger partial charge in [0.2, 0.25) is 0 Å². The molecule has 1 N–H and O–H groups in total. The molecule has 1 aromatic heterocycles. The van der Waals surface area contributed by atoms with E-state index >= 15 is 0 Å². The van der Waals surface area contributed by atoms with E-state index in [2.05, 4.69) is 5.32 Å². The molecular formula is C16H13ClN2O4. The molecule has 0 bridgehead atoms. The molecule has 6 nitrogen and oxygen atoms in total. The molecule has 118 valence electrons. The van der Waals surface area contributed by atoms with Gasteiger partial charge in [-0.15, -0.1) is 0 Å². The Balaban J connectivity index is 1.85. The Bertz CT molecular complexity index is 929. The Labute approximate surface area is 136 Å². The lowest BCUT2D eigenvalue weighted by atomic mass is 10.2. The number of hydrogen-bond acceptors (Lipinski definition) is 4. The number of nitrogens with zero attached hydrogens (tertiary/aromatic N) is 1. The summed E-state index contributed by atoms with van der Waals surface area (Å²) in [6.07, 6.45) is 0. The minimum absolute atomic E-state index is 0.246. The van der Waals surface area contributed by atoms with Crippen LogP contribution in [0.5, 0.6) is 5.75 Å². The van der Waals surface area contributed by atoms with E-state index in [-0.39, 0.29) is 6.54 Å². The molecule has 1 amide bonds. The van der Waals surface area contributed by atoms with Gasteiger partial charge in [-0.25, -0.2) is 9.59 Å². The summed E-state index contributed by atoms with van der Waals surface area (Å²) in [7, 11) is 1.57. The molecule has 0 aliphatic heterocycles. The number of amides is 1. The van der Waals surface area contributed by atoms with Crippen LogP contribution in [-0.4, -0.2) is 17.7 Å². The van der Waals surface area contributed by atoms with Crippen molar-refractivity contribution in [2.75, 3.05) is 7.11 Å². The number of hydrogen-bond donors (Lipinski definition) is 1. The monoisotopic (exact) mass is 332 g/mol. The summed E-state index contributed by atoms with van der Waals surface area (Å²) in [5.41, 5.74) is 1.47. The van der Waals surface area contributed by atoms with Crippen molar-refractivity contribution in [1.29, 1.82) is 0 Å². The zero-order valence-electron chi connectivity index (χ0n) is 12.2. The highest BCUT2D eigenvalue weighted by atomic mass is 35.5. The van der Waals surface area contributed by atoms with Gasteiger partial charge in [0.1, 0.15) is 11.3 Å². The molecule has 0 fully saturated rings. The summed E-state index contributed by atoms with van der Waals surface area (Å²) in [6.45, 7) is 0.246. The first kappa shape index (κ1) is 15.2. The summed E-state index contributed by atoms with van der Waals surface area (Å²) in [6, 6.07) is 11.3. The van der Waals surface area contributed by atoms with Crippen molar-refractivity contribution in [3.8, 4) is 5.75 Å². The Morgan fingerprint density at radius 2 is 2.13 bits per heavy atom. The molecule has 23 heavy (non-hydrogen) atoms. The van der Waals surface area contributed by atoms with Crippen molar-refractivity contribution < 1.29 is 13.9 Å². The van der Waals surface area contributed by atoms with Crippen LogP contribution in [0.15, 0.2) is 51.7 Å². The van der Waals surface area contributed by atoms with Crippen LogP contribution in [0, 0.1) is 0 Å². The number of oxazole rings is 1. The fourth-order valence-electron chi connectivity index (χ4n) is 2.22. The van der Waals surface area contributed by atoms with E-state index in [4.69, 9.17) is 20.8 Å². The Morgan fingerprint density at radius 1 is 1.30 bits per heavy atom. The molecule has 3 rings (SSSR count). The molecule has 0 radical (unpaired) electrons. The molecular weight excluding hydrogens is 320 g/mol.